The molecule has 0 radical (unpaired) electrons. The van der Waals surface area contributed by atoms with Crippen molar-refractivity contribution >= 4 is 11.8 Å². The summed E-state index contributed by atoms with van der Waals surface area (Å²) in [6.07, 6.45) is 2.72. The van der Waals surface area contributed by atoms with E-state index in [4.69, 9.17) is 0 Å². The average Bonchev–Trinajstić information content (AvgIpc) is 2.76. The van der Waals surface area contributed by atoms with Crippen LogP contribution in [0.5, 0.6) is 0 Å². The van der Waals surface area contributed by atoms with Crippen LogP contribution >= 0.6 is 11.8 Å². The van der Waals surface area contributed by atoms with E-state index in [1.165, 1.54) is 57.1 Å². The van der Waals surface area contributed by atoms with Crippen molar-refractivity contribution in [2.45, 2.75) is 26.7 Å². The minimum absolute atomic E-state index is 0.948. The summed E-state index contributed by atoms with van der Waals surface area (Å²) in [4.78, 5) is 2.49. The van der Waals surface area contributed by atoms with Gasteiger partial charge in [-0.2, -0.15) is 11.8 Å². The summed E-state index contributed by atoms with van der Waals surface area (Å²) < 4.78 is 0. The predicted octanol–water partition coefficient (Wildman–Crippen LogP) is 2.06. The Morgan fingerprint density at radius 2 is 2.13 bits per heavy atom. The van der Waals surface area contributed by atoms with Crippen molar-refractivity contribution in [2.24, 2.45) is 5.92 Å². The molecule has 1 N–H and O–H groups in total. The van der Waals surface area contributed by atoms with E-state index in [9.17, 15) is 0 Å². The standard InChI is InChI=1S/C12H26N2S/c1-3-14(4-2)8-5-7-13-10-12-6-9-15-11-12/h12-13H,3-11H2,1-2H3. The summed E-state index contributed by atoms with van der Waals surface area (Å²) in [7, 11) is 0. The number of nitrogens with one attached hydrogen (secondary N) is 1. The van der Waals surface area contributed by atoms with E-state index in [1.54, 1.807) is 0 Å². The van der Waals surface area contributed by atoms with E-state index in [0.29, 0.717) is 0 Å². The van der Waals surface area contributed by atoms with Gasteiger partial charge in [-0.1, -0.05) is 13.8 Å². The third kappa shape index (κ3) is 5.79. The zero-order valence-corrected chi connectivity index (χ0v) is 11.1. The van der Waals surface area contributed by atoms with Crippen LogP contribution in [0.1, 0.15) is 26.7 Å². The maximum atomic E-state index is 3.59. The van der Waals surface area contributed by atoms with Gasteiger partial charge in [-0.05, 0) is 63.0 Å². The monoisotopic (exact) mass is 230 g/mol. The Morgan fingerprint density at radius 1 is 1.33 bits per heavy atom. The third-order valence-electron chi connectivity index (χ3n) is 3.18. The van der Waals surface area contributed by atoms with Gasteiger partial charge in [0.05, 0.1) is 0 Å². The van der Waals surface area contributed by atoms with Crippen LogP contribution in [0.25, 0.3) is 0 Å². The van der Waals surface area contributed by atoms with Crippen LogP contribution in [0, 0.1) is 5.92 Å². The zero-order chi connectivity index (χ0) is 10.9. The number of nitrogens with zero attached hydrogens (tertiary/aromatic N) is 1. The third-order valence-corrected chi connectivity index (χ3v) is 4.41. The summed E-state index contributed by atoms with van der Waals surface area (Å²) in [5.74, 6) is 3.71. The van der Waals surface area contributed by atoms with Crippen molar-refractivity contribution in [3.05, 3.63) is 0 Å². The molecule has 0 amide bonds. The second-order valence-electron chi connectivity index (χ2n) is 4.31. The molecule has 0 aliphatic carbocycles. The molecule has 1 fully saturated rings. The fourth-order valence-electron chi connectivity index (χ4n) is 2.02. The van der Waals surface area contributed by atoms with Gasteiger partial charge in [0.2, 0.25) is 0 Å². The average molecular weight is 230 g/mol. The normalized spacial score (nSPS) is 21.4. The Morgan fingerprint density at radius 3 is 2.73 bits per heavy atom. The highest BCUT2D eigenvalue weighted by molar-refractivity contribution is 7.99. The van der Waals surface area contributed by atoms with Crippen molar-refractivity contribution < 1.29 is 0 Å². The first-order valence-corrected chi connectivity index (χ1v) is 7.53. The molecule has 0 spiro atoms. The summed E-state index contributed by atoms with van der Waals surface area (Å²) in [6.45, 7) is 10.5. The molecule has 1 aliphatic heterocycles. The van der Waals surface area contributed by atoms with Gasteiger partial charge in [-0.25, -0.2) is 0 Å². The molecule has 90 valence electrons. The number of thioether (sulfide) groups is 1. The van der Waals surface area contributed by atoms with Gasteiger partial charge in [-0.15, -0.1) is 0 Å². The first-order valence-electron chi connectivity index (χ1n) is 6.37. The molecule has 15 heavy (non-hydrogen) atoms. The van der Waals surface area contributed by atoms with Gasteiger partial charge in [0.15, 0.2) is 0 Å². The molecule has 1 unspecified atom stereocenters. The van der Waals surface area contributed by atoms with E-state index in [1.807, 2.05) is 0 Å². The lowest BCUT2D eigenvalue weighted by molar-refractivity contribution is 0.297. The molecule has 0 aromatic carbocycles. The van der Waals surface area contributed by atoms with Crippen LogP contribution < -0.4 is 5.32 Å². The smallest absolute Gasteiger partial charge is 0.000687 e. The Labute approximate surface area is 99.2 Å². The van der Waals surface area contributed by atoms with Gasteiger partial charge in [0.25, 0.3) is 0 Å². The SMILES string of the molecule is CCN(CC)CCCNCC1CCSC1. The molecule has 0 saturated carbocycles. The quantitative estimate of drug-likeness (QED) is 0.643. The largest absolute Gasteiger partial charge is 0.316 e. The first kappa shape index (κ1) is 13.3. The van der Waals surface area contributed by atoms with Crippen LogP contribution in [-0.2, 0) is 0 Å². The minimum Gasteiger partial charge on any atom is -0.316 e. The van der Waals surface area contributed by atoms with Crippen molar-refractivity contribution in [2.75, 3.05) is 44.2 Å². The van der Waals surface area contributed by atoms with Crippen LogP contribution in [0.4, 0.5) is 0 Å². The molecule has 0 aromatic rings. The topological polar surface area (TPSA) is 15.3 Å². The Balaban J connectivity index is 1.87. The van der Waals surface area contributed by atoms with Crippen LogP contribution in [0.15, 0.2) is 0 Å². The van der Waals surface area contributed by atoms with Gasteiger partial charge in [-0.3, -0.25) is 0 Å². The van der Waals surface area contributed by atoms with Gasteiger partial charge in [0, 0.05) is 0 Å². The fraction of sp³-hybridized carbons (Fsp3) is 1.00. The molecule has 1 rings (SSSR count). The highest BCUT2D eigenvalue weighted by atomic mass is 32.2. The van der Waals surface area contributed by atoms with Crippen molar-refractivity contribution in [1.82, 2.24) is 10.2 Å². The summed E-state index contributed by atoms with van der Waals surface area (Å²) >= 11 is 2.11. The molecule has 0 bridgehead atoms. The molecule has 0 aromatic heterocycles. The lowest BCUT2D eigenvalue weighted by atomic mass is 10.1. The van der Waals surface area contributed by atoms with E-state index in [-0.39, 0.29) is 0 Å². The number of rotatable bonds is 8. The van der Waals surface area contributed by atoms with Crippen molar-refractivity contribution in [1.29, 1.82) is 0 Å². The summed E-state index contributed by atoms with van der Waals surface area (Å²) in [6, 6.07) is 0. The highest BCUT2D eigenvalue weighted by Gasteiger charge is 2.14. The Kier molecular flexibility index (Phi) is 7.49. The maximum Gasteiger partial charge on any atom is -0.000687 e. The van der Waals surface area contributed by atoms with E-state index < -0.39 is 0 Å². The Hall–Kier alpha value is 0.270. The molecule has 1 saturated heterocycles. The van der Waals surface area contributed by atoms with Gasteiger partial charge < -0.3 is 10.2 Å². The van der Waals surface area contributed by atoms with Crippen molar-refractivity contribution in [3.8, 4) is 0 Å². The highest BCUT2D eigenvalue weighted by Crippen LogP contribution is 2.22. The van der Waals surface area contributed by atoms with Crippen LogP contribution in [-0.4, -0.2) is 49.1 Å². The fourth-order valence-corrected chi connectivity index (χ4v) is 3.30. The van der Waals surface area contributed by atoms with E-state index >= 15 is 0 Å². The van der Waals surface area contributed by atoms with Crippen LogP contribution in [0.2, 0.25) is 0 Å². The van der Waals surface area contributed by atoms with E-state index in [0.717, 1.165) is 5.92 Å². The first-order chi connectivity index (χ1) is 7.36. The van der Waals surface area contributed by atoms with E-state index in [2.05, 4.69) is 35.8 Å². The molecule has 1 atom stereocenters. The minimum atomic E-state index is 0.948. The lowest BCUT2D eigenvalue weighted by Gasteiger charge is -2.18. The maximum absolute atomic E-state index is 3.59. The number of hydrogen-bond donors (Lipinski definition) is 1. The van der Waals surface area contributed by atoms with Gasteiger partial charge >= 0.3 is 0 Å². The number of hydrogen-bond acceptors (Lipinski definition) is 3. The molecule has 3 heteroatoms. The summed E-state index contributed by atoms with van der Waals surface area (Å²) in [5, 5.41) is 3.59. The van der Waals surface area contributed by atoms with Gasteiger partial charge in [0.1, 0.15) is 0 Å². The molecule has 2 nitrogen and oxygen atoms in total. The summed E-state index contributed by atoms with van der Waals surface area (Å²) in [5.41, 5.74) is 0. The lowest BCUT2D eigenvalue weighted by Crippen LogP contribution is -2.29. The molecular formula is C12H26N2S. The molecular weight excluding hydrogens is 204 g/mol. The zero-order valence-electron chi connectivity index (χ0n) is 10.3. The van der Waals surface area contributed by atoms with Crippen molar-refractivity contribution in [3.63, 3.8) is 0 Å². The second-order valence-corrected chi connectivity index (χ2v) is 5.46. The second kappa shape index (κ2) is 8.43. The molecule has 1 aliphatic rings. The Bertz CT molecular complexity index is 139. The van der Waals surface area contributed by atoms with Crippen LogP contribution in [0.3, 0.4) is 0 Å². The predicted molar refractivity (Wildman–Crippen MR) is 70.7 cm³/mol. The molecule has 1 heterocycles.